The Kier molecular flexibility index (Phi) is 4.88. The van der Waals surface area contributed by atoms with E-state index in [1.54, 1.807) is 39.0 Å². The minimum absolute atomic E-state index is 0.362. The van der Waals surface area contributed by atoms with E-state index in [9.17, 15) is 9.59 Å². The highest BCUT2D eigenvalue weighted by atomic mass is 16.6. The summed E-state index contributed by atoms with van der Waals surface area (Å²) in [6, 6.07) is 5.10. The SMILES string of the molecule is Cc1oc(C)c(C(=O)O[C@H](C)C(=O)Nc2ccc3c(c2)OCCO3)c1C. The molecule has 1 aliphatic heterocycles. The van der Waals surface area contributed by atoms with Crippen molar-refractivity contribution in [2.45, 2.75) is 33.8 Å². The summed E-state index contributed by atoms with van der Waals surface area (Å²) in [5, 5.41) is 2.71. The Morgan fingerprint density at radius 1 is 1.08 bits per heavy atom. The van der Waals surface area contributed by atoms with Crippen molar-refractivity contribution < 1.29 is 28.2 Å². The highest BCUT2D eigenvalue weighted by Crippen LogP contribution is 2.32. The lowest BCUT2D eigenvalue weighted by atomic mass is 10.1. The van der Waals surface area contributed by atoms with Crippen molar-refractivity contribution in [2.75, 3.05) is 18.5 Å². The van der Waals surface area contributed by atoms with Gasteiger partial charge in [0.1, 0.15) is 30.3 Å². The quantitative estimate of drug-likeness (QED) is 0.844. The molecule has 3 rings (SSSR count). The van der Waals surface area contributed by atoms with E-state index in [0.717, 1.165) is 0 Å². The molecule has 0 fully saturated rings. The molecule has 1 aliphatic rings. The Hall–Kier alpha value is -2.96. The smallest absolute Gasteiger partial charge is 0.342 e. The van der Waals surface area contributed by atoms with Crippen molar-refractivity contribution in [2.24, 2.45) is 0 Å². The van der Waals surface area contributed by atoms with Crippen molar-refractivity contribution >= 4 is 17.6 Å². The molecule has 26 heavy (non-hydrogen) atoms. The molecular formula is C19H21NO6. The van der Waals surface area contributed by atoms with Crippen molar-refractivity contribution in [1.29, 1.82) is 0 Å². The van der Waals surface area contributed by atoms with Gasteiger partial charge in [-0.3, -0.25) is 4.79 Å². The van der Waals surface area contributed by atoms with E-state index in [-0.39, 0.29) is 0 Å². The first-order valence-electron chi connectivity index (χ1n) is 8.35. The molecule has 138 valence electrons. The molecule has 1 amide bonds. The first kappa shape index (κ1) is 17.8. The van der Waals surface area contributed by atoms with E-state index in [1.165, 1.54) is 6.92 Å². The molecule has 2 aromatic rings. The van der Waals surface area contributed by atoms with Gasteiger partial charge in [-0.15, -0.1) is 0 Å². The summed E-state index contributed by atoms with van der Waals surface area (Å²) in [7, 11) is 0. The molecule has 1 aromatic heterocycles. The summed E-state index contributed by atoms with van der Waals surface area (Å²) in [6.07, 6.45) is -0.968. The Balaban J connectivity index is 1.65. The van der Waals surface area contributed by atoms with Crippen molar-refractivity contribution in [3.05, 3.63) is 40.8 Å². The lowest BCUT2D eigenvalue weighted by Crippen LogP contribution is -2.30. The van der Waals surface area contributed by atoms with Crippen LogP contribution in [0.4, 0.5) is 5.69 Å². The highest BCUT2D eigenvalue weighted by molar-refractivity contribution is 5.98. The Labute approximate surface area is 151 Å². The third-order valence-corrected chi connectivity index (χ3v) is 4.23. The monoisotopic (exact) mass is 359 g/mol. The summed E-state index contributed by atoms with van der Waals surface area (Å²) in [4.78, 5) is 24.7. The average Bonchev–Trinajstić information content (AvgIpc) is 2.86. The number of benzene rings is 1. The van der Waals surface area contributed by atoms with Gasteiger partial charge in [0.25, 0.3) is 5.91 Å². The maximum Gasteiger partial charge on any atom is 0.342 e. The van der Waals surface area contributed by atoms with Gasteiger partial charge in [0, 0.05) is 17.3 Å². The molecule has 0 spiro atoms. The van der Waals surface area contributed by atoms with Crippen LogP contribution in [0.5, 0.6) is 11.5 Å². The summed E-state index contributed by atoms with van der Waals surface area (Å²) in [5.74, 6) is 1.31. The van der Waals surface area contributed by atoms with E-state index in [2.05, 4.69) is 5.32 Å². The Bertz CT molecular complexity index is 854. The summed E-state index contributed by atoms with van der Waals surface area (Å²) < 4.78 is 21.6. The van der Waals surface area contributed by atoms with Gasteiger partial charge in [-0.2, -0.15) is 0 Å². The van der Waals surface area contributed by atoms with Gasteiger partial charge < -0.3 is 23.9 Å². The van der Waals surface area contributed by atoms with Gasteiger partial charge in [0.2, 0.25) is 0 Å². The number of aryl methyl sites for hydroxylation is 2. The van der Waals surface area contributed by atoms with Gasteiger partial charge in [0.05, 0.1) is 0 Å². The van der Waals surface area contributed by atoms with E-state index in [4.69, 9.17) is 18.6 Å². The van der Waals surface area contributed by atoms with Crippen LogP contribution in [0.25, 0.3) is 0 Å². The maximum absolute atomic E-state index is 12.4. The molecule has 1 atom stereocenters. The van der Waals surface area contributed by atoms with Crippen LogP contribution in [0.3, 0.4) is 0 Å². The molecule has 0 saturated heterocycles. The number of anilines is 1. The second kappa shape index (κ2) is 7.11. The second-order valence-electron chi connectivity index (χ2n) is 6.11. The molecule has 7 heteroatoms. The molecule has 2 heterocycles. The van der Waals surface area contributed by atoms with Crippen LogP contribution in [0.2, 0.25) is 0 Å². The van der Waals surface area contributed by atoms with E-state index in [1.807, 2.05) is 0 Å². The van der Waals surface area contributed by atoms with Crippen LogP contribution < -0.4 is 14.8 Å². The predicted molar refractivity (Wildman–Crippen MR) is 93.9 cm³/mol. The minimum atomic E-state index is -0.968. The minimum Gasteiger partial charge on any atom is -0.486 e. The molecule has 7 nitrogen and oxygen atoms in total. The number of carbonyl (C=O) groups excluding carboxylic acids is 2. The summed E-state index contributed by atoms with van der Waals surface area (Å²) >= 11 is 0. The number of rotatable bonds is 4. The van der Waals surface area contributed by atoms with Crippen LogP contribution in [0, 0.1) is 20.8 Å². The first-order valence-corrected chi connectivity index (χ1v) is 8.35. The Morgan fingerprint density at radius 3 is 2.42 bits per heavy atom. The molecule has 0 aliphatic carbocycles. The summed E-state index contributed by atoms with van der Waals surface area (Å²) in [6.45, 7) is 7.72. The number of furan rings is 1. The number of hydrogen-bond acceptors (Lipinski definition) is 6. The fraction of sp³-hybridized carbons (Fsp3) is 0.368. The fourth-order valence-corrected chi connectivity index (χ4v) is 2.73. The lowest BCUT2D eigenvalue weighted by Gasteiger charge is -2.19. The number of fused-ring (bicyclic) bond motifs is 1. The fourth-order valence-electron chi connectivity index (χ4n) is 2.73. The lowest BCUT2D eigenvalue weighted by molar-refractivity contribution is -0.123. The van der Waals surface area contributed by atoms with Crippen LogP contribution in [-0.2, 0) is 9.53 Å². The number of amides is 1. The van der Waals surface area contributed by atoms with Crippen LogP contribution in [-0.4, -0.2) is 31.2 Å². The third kappa shape index (κ3) is 3.51. The first-order chi connectivity index (χ1) is 12.4. The molecule has 0 unspecified atom stereocenters. The number of ether oxygens (including phenoxy) is 3. The van der Waals surface area contributed by atoms with Crippen molar-refractivity contribution in [3.8, 4) is 11.5 Å². The molecule has 0 saturated carbocycles. The van der Waals surface area contributed by atoms with Gasteiger partial charge in [0.15, 0.2) is 17.6 Å². The zero-order valence-corrected chi connectivity index (χ0v) is 15.2. The molecule has 0 bridgehead atoms. The van der Waals surface area contributed by atoms with Gasteiger partial charge in [-0.1, -0.05) is 0 Å². The van der Waals surface area contributed by atoms with Crippen LogP contribution in [0.15, 0.2) is 22.6 Å². The number of nitrogens with one attached hydrogen (secondary N) is 1. The number of carbonyl (C=O) groups is 2. The van der Waals surface area contributed by atoms with E-state index in [0.29, 0.717) is 53.0 Å². The predicted octanol–water partition coefficient (Wildman–Crippen LogP) is 3.16. The van der Waals surface area contributed by atoms with E-state index < -0.39 is 18.0 Å². The molecule has 1 aromatic carbocycles. The Morgan fingerprint density at radius 2 is 1.77 bits per heavy atom. The van der Waals surface area contributed by atoms with Crippen molar-refractivity contribution in [1.82, 2.24) is 0 Å². The normalized spacial score (nSPS) is 13.8. The van der Waals surface area contributed by atoms with Gasteiger partial charge >= 0.3 is 5.97 Å². The molecule has 1 N–H and O–H groups in total. The second-order valence-corrected chi connectivity index (χ2v) is 6.11. The third-order valence-electron chi connectivity index (χ3n) is 4.23. The zero-order valence-electron chi connectivity index (χ0n) is 15.2. The summed E-state index contributed by atoms with van der Waals surface area (Å²) in [5.41, 5.74) is 1.61. The van der Waals surface area contributed by atoms with E-state index >= 15 is 0 Å². The zero-order chi connectivity index (χ0) is 18.8. The molecule has 0 radical (unpaired) electrons. The van der Waals surface area contributed by atoms with Crippen LogP contribution >= 0.6 is 0 Å². The van der Waals surface area contributed by atoms with Crippen molar-refractivity contribution in [3.63, 3.8) is 0 Å². The number of hydrogen-bond donors (Lipinski definition) is 1. The van der Waals surface area contributed by atoms with Gasteiger partial charge in [-0.05, 0) is 39.8 Å². The average molecular weight is 359 g/mol. The van der Waals surface area contributed by atoms with Crippen LogP contribution in [0.1, 0.15) is 34.4 Å². The molecular weight excluding hydrogens is 338 g/mol. The standard InChI is InChI=1S/C19H21NO6/c1-10-11(2)25-12(3)17(10)19(22)26-13(4)18(21)20-14-5-6-15-16(9-14)24-8-7-23-15/h5-6,9,13H,7-8H2,1-4H3,(H,20,21)/t13-/m1/s1. The number of esters is 1. The topological polar surface area (TPSA) is 87.0 Å². The largest absolute Gasteiger partial charge is 0.486 e. The van der Waals surface area contributed by atoms with Gasteiger partial charge in [-0.25, -0.2) is 4.79 Å². The highest BCUT2D eigenvalue weighted by Gasteiger charge is 2.25. The maximum atomic E-state index is 12.4.